The van der Waals surface area contributed by atoms with Gasteiger partial charge in [0, 0.05) is 22.9 Å². The Kier molecular flexibility index (Phi) is 6.00. The Bertz CT molecular complexity index is 1500. The molecule has 0 bridgehead atoms. The third-order valence-corrected chi connectivity index (χ3v) is 6.13. The van der Waals surface area contributed by atoms with Gasteiger partial charge in [0.1, 0.15) is 11.5 Å². The van der Waals surface area contributed by atoms with Crippen molar-refractivity contribution in [1.82, 2.24) is 0 Å². The molecule has 0 fully saturated rings. The number of methoxy groups -OCH3 is 2. The minimum absolute atomic E-state index is 0.0962. The second-order valence-electron chi connectivity index (χ2n) is 8.27. The smallest absolute Gasteiger partial charge is 0.281 e. The van der Waals surface area contributed by atoms with Crippen molar-refractivity contribution in [3.8, 4) is 11.5 Å². The van der Waals surface area contributed by atoms with Crippen LogP contribution in [0.3, 0.4) is 0 Å². The van der Waals surface area contributed by atoms with Gasteiger partial charge in [0.05, 0.1) is 26.5 Å². The Morgan fingerprint density at radius 1 is 0.944 bits per heavy atom. The molecule has 0 unspecified atom stereocenters. The summed E-state index contributed by atoms with van der Waals surface area (Å²) in [5.74, 6) is 0.461. The average Bonchev–Trinajstić information content (AvgIpc) is 3.17. The van der Waals surface area contributed by atoms with Crippen molar-refractivity contribution < 1.29 is 24.3 Å². The Balaban J connectivity index is 1.45. The SMILES string of the molecule is COc1cc(CN2C(=O)/C(=N\O)c3cc(NC(=O)c4cccc5ccccc45)ccc32)cc(OC)c1. The van der Waals surface area contributed by atoms with Crippen molar-refractivity contribution in [1.29, 1.82) is 0 Å². The van der Waals surface area contributed by atoms with E-state index in [1.807, 2.05) is 48.5 Å². The molecular weight excluding hydrogens is 458 g/mol. The Labute approximate surface area is 207 Å². The number of benzene rings is 4. The number of nitrogens with one attached hydrogen (secondary N) is 1. The van der Waals surface area contributed by atoms with Gasteiger partial charge in [-0.2, -0.15) is 0 Å². The normalized spacial score (nSPS) is 13.7. The lowest BCUT2D eigenvalue weighted by molar-refractivity contribution is -0.112. The molecule has 2 amide bonds. The first kappa shape index (κ1) is 22.9. The van der Waals surface area contributed by atoms with Gasteiger partial charge in [0.25, 0.3) is 11.8 Å². The van der Waals surface area contributed by atoms with Crippen LogP contribution in [0.25, 0.3) is 10.8 Å². The zero-order chi connectivity index (χ0) is 25.2. The lowest BCUT2D eigenvalue weighted by Crippen LogP contribution is -2.29. The summed E-state index contributed by atoms with van der Waals surface area (Å²) < 4.78 is 10.7. The fraction of sp³-hybridized carbons (Fsp3) is 0.107. The fourth-order valence-corrected chi connectivity index (χ4v) is 4.41. The molecule has 0 saturated heterocycles. The first-order valence-electron chi connectivity index (χ1n) is 11.2. The summed E-state index contributed by atoms with van der Waals surface area (Å²) in [7, 11) is 3.11. The maximum Gasteiger partial charge on any atom is 0.281 e. The summed E-state index contributed by atoms with van der Waals surface area (Å²) in [4.78, 5) is 27.7. The van der Waals surface area contributed by atoms with Crippen LogP contribution in [0.1, 0.15) is 21.5 Å². The predicted octanol–water partition coefficient (Wildman–Crippen LogP) is 4.83. The van der Waals surface area contributed by atoms with Gasteiger partial charge >= 0.3 is 0 Å². The van der Waals surface area contributed by atoms with Gasteiger partial charge in [-0.1, -0.05) is 41.6 Å². The van der Waals surface area contributed by atoms with E-state index in [4.69, 9.17) is 9.47 Å². The van der Waals surface area contributed by atoms with Gasteiger partial charge in [0.2, 0.25) is 0 Å². The van der Waals surface area contributed by atoms with Crippen LogP contribution in [0.5, 0.6) is 11.5 Å². The van der Waals surface area contributed by atoms with Gasteiger partial charge in [-0.15, -0.1) is 0 Å². The van der Waals surface area contributed by atoms with Gasteiger partial charge in [-0.25, -0.2) is 0 Å². The average molecular weight is 482 g/mol. The van der Waals surface area contributed by atoms with E-state index in [-0.39, 0.29) is 18.2 Å². The van der Waals surface area contributed by atoms with Crippen molar-refractivity contribution in [2.24, 2.45) is 5.16 Å². The molecule has 36 heavy (non-hydrogen) atoms. The molecule has 0 radical (unpaired) electrons. The van der Waals surface area contributed by atoms with E-state index in [2.05, 4.69) is 10.5 Å². The fourth-order valence-electron chi connectivity index (χ4n) is 4.41. The Morgan fingerprint density at radius 2 is 1.67 bits per heavy atom. The van der Waals surface area contributed by atoms with E-state index in [0.29, 0.717) is 34.0 Å². The number of carbonyl (C=O) groups is 2. The van der Waals surface area contributed by atoms with E-state index < -0.39 is 5.91 Å². The summed E-state index contributed by atoms with van der Waals surface area (Å²) in [5.41, 5.74) is 2.69. The largest absolute Gasteiger partial charge is 0.497 e. The van der Waals surface area contributed by atoms with Gasteiger partial charge in [0.15, 0.2) is 5.71 Å². The molecule has 4 aromatic carbocycles. The Morgan fingerprint density at radius 3 is 2.39 bits per heavy atom. The highest BCUT2D eigenvalue weighted by molar-refractivity contribution is 6.54. The molecule has 5 rings (SSSR count). The lowest BCUT2D eigenvalue weighted by Gasteiger charge is -2.18. The quantitative estimate of drug-likeness (QED) is 0.303. The van der Waals surface area contributed by atoms with Crippen LogP contribution in [-0.2, 0) is 11.3 Å². The second-order valence-corrected chi connectivity index (χ2v) is 8.27. The van der Waals surface area contributed by atoms with E-state index >= 15 is 0 Å². The van der Waals surface area contributed by atoms with E-state index in [1.54, 1.807) is 44.6 Å². The number of ether oxygens (including phenoxy) is 2. The molecule has 1 aliphatic rings. The van der Waals surface area contributed by atoms with Crippen LogP contribution in [-0.4, -0.2) is 37.0 Å². The standard InChI is InChI=1S/C28H23N3O5/c1-35-20-12-17(13-21(15-20)36-2)16-31-25-11-10-19(14-24(25)26(30-34)28(31)33)29-27(32)23-9-5-7-18-6-3-4-8-22(18)23/h3-15,34H,16H2,1-2H3,(H,29,32)/b30-26-. The highest BCUT2D eigenvalue weighted by atomic mass is 16.5. The molecule has 0 saturated carbocycles. The van der Waals surface area contributed by atoms with Crippen molar-refractivity contribution in [2.75, 3.05) is 24.4 Å². The summed E-state index contributed by atoms with van der Waals surface area (Å²) >= 11 is 0. The van der Waals surface area contributed by atoms with Crippen LogP contribution >= 0.6 is 0 Å². The Hall–Kier alpha value is -4.85. The van der Waals surface area contributed by atoms with Crippen molar-refractivity contribution in [3.05, 3.63) is 95.6 Å². The minimum atomic E-state index is -0.452. The highest BCUT2D eigenvalue weighted by Gasteiger charge is 2.35. The van der Waals surface area contributed by atoms with Gasteiger partial charge in [-0.3, -0.25) is 9.59 Å². The predicted molar refractivity (Wildman–Crippen MR) is 137 cm³/mol. The van der Waals surface area contributed by atoms with E-state index in [1.165, 1.54) is 4.90 Å². The van der Waals surface area contributed by atoms with Gasteiger partial charge in [-0.05, 0) is 52.7 Å². The number of hydrogen-bond donors (Lipinski definition) is 2. The van der Waals surface area contributed by atoms with Crippen LogP contribution < -0.4 is 19.7 Å². The molecule has 4 aromatic rings. The maximum atomic E-state index is 13.1. The number of oxime groups is 1. The van der Waals surface area contributed by atoms with E-state index in [9.17, 15) is 14.8 Å². The molecular formula is C28H23N3O5. The first-order valence-corrected chi connectivity index (χ1v) is 11.2. The second kappa shape index (κ2) is 9.42. The monoisotopic (exact) mass is 481 g/mol. The molecule has 8 nitrogen and oxygen atoms in total. The molecule has 0 atom stereocenters. The number of rotatable bonds is 6. The molecule has 1 heterocycles. The number of fused-ring (bicyclic) bond motifs is 2. The van der Waals surface area contributed by atoms with E-state index in [0.717, 1.165) is 16.3 Å². The van der Waals surface area contributed by atoms with Crippen molar-refractivity contribution >= 4 is 39.7 Å². The third kappa shape index (κ3) is 4.09. The topological polar surface area (TPSA) is 100 Å². The van der Waals surface area contributed by atoms with Crippen LogP contribution in [0, 0.1) is 0 Å². The summed E-state index contributed by atoms with van der Waals surface area (Å²) in [6, 6.07) is 23.6. The number of carbonyl (C=O) groups excluding carboxylic acids is 2. The maximum absolute atomic E-state index is 13.1. The third-order valence-electron chi connectivity index (χ3n) is 6.13. The molecule has 8 heteroatoms. The molecule has 0 aromatic heterocycles. The van der Waals surface area contributed by atoms with Gasteiger partial charge < -0.3 is 24.9 Å². The molecule has 0 aliphatic carbocycles. The van der Waals surface area contributed by atoms with Crippen LogP contribution in [0.4, 0.5) is 11.4 Å². The van der Waals surface area contributed by atoms with Crippen molar-refractivity contribution in [2.45, 2.75) is 6.54 Å². The zero-order valence-corrected chi connectivity index (χ0v) is 19.7. The summed E-state index contributed by atoms with van der Waals surface area (Å²) in [6.45, 7) is 0.208. The highest BCUT2D eigenvalue weighted by Crippen LogP contribution is 2.34. The molecule has 1 aliphatic heterocycles. The zero-order valence-electron chi connectivity index (χ0n) is 19.7. The first-order chi connectivity index (χ1) is 17.5. The number of nitrogens with zero attached hydrogens (tertiary/aromatic N) is 2. The number of hydrogen-bond acceptors (Lipinski definition) is 6. The van der Waals surface area contributed by atoms with Crippen molar-refractivity contribution in [3.63, 3.8) is 0 Å². The molecule has 180 valence electrons. The number of amides is 2. The number of anilines is 2. The van der Waals surface area contributed by atoms with Crippen LogP contribution in [0.2, 0.25) is 0 Å². The lowest BCUT2D eigenvalue weighted by atomic mass is 10.0. The summed E-state index contributed by atoms with van der Waals surface area (Å²) in [5, 5.41) is 17.6. The molecule has 2 N–H and O–H groups in total. The summed E-state index contributed by atoms with van der Waals surface area (Å²) in [6.07, 6.45) is 0. The van der Waals surface area contributed by atoms with Crippen LogP contribution in [0.15, 0.2) is 84.0 Å². The molecule has 0 spiro atoms. The minimum Gasteiger partial charge on any atom is -0.497 e.